The molecular weight excluding hydrogens is 218 g/mol. The van der Waals surface area contributed by atoms with Gasteiger partial charge in [-0.15, -0.1) is 0 Å². The second kappa shape index (κ2) is 6.39. The van der Waals surface area contributed by atoms with Crippen LogP contribution in [0.15, 0.2) is 0 Å². The van der Waals surface area contributed by atoms with Gasteiger partial charge in [0.2, 0.25) is 0 Å². The van der Waals surface area contributed by atoms with Crippen molar-refractivity contribution in [2.24, 2.45) is 0 Å². The number of nitrogens with zero attached hydrogens (tertiary/aromatic N) is 1. The van der Waals surface area contributed by atoms with Crippen molar-refractivity contribution < 1.29 is 13.5 Å². The van der Waals surface area contributed by atoms with E-state index in [0.29, 0.717) is 45.6 Å². The van der Waals surface area contributed by atoms with Gasteiger partial charge < -0.3 is 10.4 Å². The van der Waals surface area contributed by atoms with E-state index in [0.717, 1.165) is 0 Å². The molecule has 1 aliphatic rings. The summed E-state index contributed by atoms with van der Waals surface area (Å²) in [4.78, 5) is 0. The molecule has 0 saturated carbocycles. The largest absolute Gasteiger partial charge is 0.396 e. The van der Waals surface area contributed by atoms with Gasteiger partial charge in [-0.05, 0) is 12.8 Å². The highest BCUT2D eigenvalue weighted by molar-refractivity contribution is 7.87. The van der Waals surface area contributed by atoms with Gasteiger partial charge in [-0.1, -0.05) is 0 Å². The first-order chi connectivity index (χ1) is 7.17. The topological polar surface area (TPSA) is 81.7 Å². The predicted octanol–water partition coefficient (Wildman–Crippen LogP) is -1.50. The Kier molecular flexibility index (Phi) is 5.48. The lowest BCUT2D eigenvalue weighted by Crippen LogP contribution is -2.50. The molecule has 1 heterocycles. The molecule has 0 aromatic rings. The Morgan fingerprint density at radius 2 is 1.93 bits per heavy atom. The highest BCUT2D eigenvalue weighted by Crippen LogP contribution is 1.99. The molecule has 15 heavy (non-hydrogen) atoms. The Labute approximate surface area is 90.8 Å². The van der Waals surface area contributed by atoms with Crippen molar-refractivity contribution in [2.75, 3.05) is 39.3 Å². The molecule has 90 valence electrons. The third-order valence-electron chi connectivity index (χ3n) is 2.29. The lowest BCUT2D eigenvalue weighted by Gasteiger charge is -2.26. The van der Waals surface area contributed by atoms with Gasteiger partial charge in [-0.25, -0.2) is 4.72 Å². The van der Waals surface area contributed by atoms with Gasteiger partial charge in [0.25, 0.3) is 10.2 Å². The Morgan fingerprint density at radius 1 is 1.27 bits per heavy atom. The smallest absolute Gasteiger partial charge is 0.279 e. The summed E-state index contributed by atoms with van der Waals surface area (Å²) in [6, 6.07) is 0. The Morgan fingerprint density at radius 3 is 2.53 bits per heavy atom. The summed E-state index contributed by atoms with van der Waals surface area (Å²) >= 11 is 0. The molecule has 6 nitrogen and oxygen atoms in total. The fraction of sp³-hybridized carbons (Fsp3) is 1.00. The van der Waals surface area contributed by atoms with Crippen LogP contribution in [0.25, 0.3) is 0 Å². The lowest BCUT2D eigenvalue weighted by molar-refractivity contribution is 0.284. The van der Waals surface area contributed by atoms with E-state index in [1.165, 1.54) is 4.31 Å². The summed E-state index contributed by atoms with van der Waals surface area (Å²) in [6.45, 7) is 2.96. The minimum absolute atomic E-state index is 0.107. The predicted molar refractivity (Wildman–Crippen MR) is 57.7 cm³/mol. The van der Waals surface area contributed by atoms with E-state index in [9.17, 15) is 8.42 Å². The van der Waals surface area contributed by atoms with E-state index in [1.807, 2.05) is 0 Å². The van der Waals surface area contributed by atoms with Crippen LogP contribution in [-0.4, -0.2) is 57.2 Å². The Balaban J connectivity index is 2.30. The van der Waals surface area contributed by atoms with Gasteiger partial charge in [0.1, 0.15) is 0 Å². The number of piperazine rings is 1. The Hall–Kier alpha value is -0.210. The van der Waals surface area contributed by atoms with Crippen LogP contribution in [0.2, 0.25) is 0 Å². The molecule has 1 saturated heterocycles. The third kappa shape index (κ3) is 4.43. The highest BCUT2D eigenvalue weighted by atomic mass is 32.2. The number of rotatable bonds is 6. The molecule has 1 aliphatic heterocycles. The van der Waals surface area contributed by atoms with Crippen LogP contribution in [0.1, 0.15) is 12.8 Å². The van der Waals surface area contributed by atoms with Crippen LogP contribution in [0.4, 0.5) is 0 Å². The average Bonchev–Trinajstić information content (AvgIpc) is 2.26. The van der Waals surface area contributed by atoms with Crippen molar-refractivity contribution in [2.45, 2.75) is 12.8 Å². The zero-order chi connectivity index (χ0) is 11.1. The normalized spacial score (nSPS) is 19.3. The van der Waals surface area contributed by atoms with Gasteiger partial charge in [-0.3, -0.25) is 0 Å². The molecule has 0 spiro atoms. The van der Waals surface area contributed by atoms with Gasteiger partial charge in [0.15, 0.2) is 0 Å². The summed E-state index contributed by atoms with van der Waals surface area (Å²) in [5, 5.41) is 11.6. The molecule has 0 amide bonds. The van der Waals surface area contributed by atoms with Crippen LogP contribution in [0, 0.1) is 0 Å². The van der Waals surface area contributed by atoms with E-state index in [1.54, 1.807) is 0 Å². The second-order valence-corrected chi connectivity index (χ2v) is 5.23. The fourth-order valence-corrected chi connectivity index (χ4v) is 2.66. The lowest BCUT2D eigenvalue weighted by atomic mass is 10.3. The van der Waals surface area contributed by atoms with E-state index in [-0.39, 0.29) is 6.61 Å². The van der Waals surface area contributed by atoms with Crippen molar-refractivity contribution in [1.29, 1.82) is 0 Å². The van der Waals surface area contributed by atoms with Crippen molar-refractivity contribution in [1.82, 2.24) is 14.3 Å². The van der Waals surface area contributed by atoms with E-state index in [2.05, 4.69) is 10.0 Å². The first-order valence-corrected chi connectivity index (χ1v) is 6.67. The van der Waals surface area contributed by atoms with E-state index in [4.69, 9.17) is 5.11 Å². The quantitative estimate of drug-likeness (QED) is 0.491. The van der Waals surface area contributed by atoms with Crippen molar-refractivity contribution >= 4 is 10.2 Å². The summed E-state index contributed by atoms with van der Waals surface area (Å²) in [5.41, 5.74) is 0. The zero-order valence-corrected chi connectivity index (χ0v) is 9.59. The summed E-state index contributed by atoms with van der Waals surface area (Å²) < 4.78 is 27.3. The zero-order valence-electron chi connectivity index (χ0n) is 8.78. The number of hydrogen-bond donors (Lipinski definition) is 3. The summed E-state index contributed by atoms with van der Waals surface area (Å²) in [5.74, 6) is 0. The van der Waals surface area contributed by atoms with Gasteiger partial charge in [0, 0.05) is 39.3 Å². The first-order valence-electron chi connectivity index (χ1n) is 5.23. The molecule has 7 heteroatoms. The molecule has 1 fully saturated rings. The average molecular weight is 237 g/mol. The molecular formula is C8H19N3O3S. The fourth-order valence-electron chi connectivity index (χ4n) is 1.41. The SMILES string of the molecule is O=S(=O)(NCCCCO)N1CCNCC1. The number of hydrogen-bond acceptors (Lipinski definition) is 4. The van der Waals surface area contributed by atoms with E-state index < -0.39 is 10.2 Å². The maximum atomic E-state index is 11.7. The van der Waals surface area contributed by atoms with Crippen LogP contribution in [0.5, 0.6) is 0 Å². The molecule has 3 N–H and O–H groups in total. The maximum Gasteiger partial charge on any atom is 0.279 e. The van der Waals surface area contributed by atoms with Crippen LogP contribution >= 0.6 is 0 Å². The summed E-state index contributed by atoms with van der Waals surface area (Å²) in [6.07, 6.45) is 1.30. The van der Waals surface area contributed by atoms with Gasteiger partial charge >= 0.3 is 0 Å². The molecule has 0 aliphatic carbocycles. The van der Waals surface area contributed by atoms with Crippen molar-refractivity contribution in [3.63, 3.8) is 0 Å². The van der Waals surface area contributed by atoms with Gasteiger partial charge in [0.05, 0.1) is 0 Å². The Bertz CT molecular complexity index is 262. The number of aliphatic hydroxyl groups is 1. The molecule has 0 aromatic heterocycles. The standard InChI is InChI=1S/C8H19N3O3S/c12-8-2-1-3-10-15(13,14)11-6-4-9-5-7-11/h9-10,12H,1-8H2. The number of nitrogens with one attached hydrogen (secondary N) is 2. The van der Waals surface area contributed by atoms with Crippen LogP contribution in [-0.2, 0) is 10.2 Å². The van der Waals surface area contributed by atoms with Gasteiger partial charge in [-0.2, -0.15) is 12.7 Å². The molecule has 0 bridgehead atoms. The number of unbranched alkanes of at least 4 members (excludes halogenated alkanes) is 1. The minimum atomic E-state index is -3.30. The monoisotopic (exact) mass is 237 g/mol. The van der Waals surface area contributed by atoms with Crippen LogP contribution < -0.4 is 10.0 Å². The molecule has 0 atom stereocenters. The van der Waals surface area contributed by atoms with Crippen molar-refractivity contribution in [3.8, 4) is 0 Å². The van der Waals surface area contributed by atoms with E-state index >= 15 is 0 Å². The minimum Gasteiger partial charge on any atom is -0.396 e. The summed E-state index contributed by atoms with van der Waals surface area (Å²) in [7, 11) is -3.30. The molecule has 0 radical (unpaired) electrons. The van der Waals surface area contributed by atoms with Crippen molar-refractivity contribution in [3.05, 3.63) is 0 Å². The van der Waals surface area contributed by atoms with Crippen LogP contribution in [0.3, 0.4) is 0 Å². The first kappa shape index (κ1) is 12.9. The molecule has 0 aromatic carbocycles. The second-order valence-electron chi connectivity index (χ2n) is 3.48. The molecule has 0 unspecified atom stereocenters. The third-order valence-corrected chi connectivity index (χ3v) is 3.90. The highest BCUT2D eigenvalue weighted by Gasteiger charge is 2.22. The molecule has 1 rings (SSSR count). The maximum absolute atomic E-state index is 11.7. The number of aliphatic hydroxyl groups excluding tert-OH is 1.